The zero-order valence-electron chi connectivity index (χ0n) is 11.3. The normalized spacial score (nSPS) is 12.6. The first-order valence-electron chi connectivity index (χ1n) is 6.11. The molecule has 5 heteroatoms. The Bertz CT molecular complexity index is 633. The van der Waals surface area contributed by atoms with E-state index >= 15 is 0 Å². The quantitative estimate of drug-likeness (QED) is 0.877. The van der Waals surface area contributed by atoms with E-state index < -0.39 is 0 Å². The summed E-state index contributed by atoms with van der Waals surface area (Å²) in [5.74, 6) is 0.133. The van der Waals surface area contributed by atoms with Crippen molar-refractivity contribution in [2.45, 2.75) is 13.0 Å². The molecule has 1 aromatic heterocycles. The number of hydrogen-bond donors (Lipinski definition) is 2. The Balaban J connectivity index is 2.46. The van der Waals surface area contributed by atoms with E-state index in [1.807, 2.05) is 32.3 Å². The fourth-order valence-electron chi connectivity index (χ4n) is 1.88. The van der Waals surface area contributed by atoms with Crippen molar-refractivity contribution in [1.29, 1.82) is 0 Å². The van der Waals surface area contributed by atoms with Crippen LogP contribution in [0.4, 0.5) is 5.95 Å². The molecule has 0 saturated carbocycles. The standard InChI is InChI=1S/C14H18N4O/c1-9(18(2)3)10-5-4-6-11(7-10)12-8-13(19)17-14(15)16-12/h4-9H,1-3H3,(H3,15,16,17,19)/t9-/m0/s1. The summed E-state index contributed by atoms with van der Waals surface area (Å²) in [7, 11) is 4.06. The minimum Gasteiger partial charge on any atom is -0.369 e. The van der Waals surface area contributed by atoms with Gasteiger partial charge in [0.25, 0.3) is 5.56 Å². The minimum atomic E-state index is -0.242. The molecule has 0 aliphatic rings. The van der Waals surface area contributed by atoms with Crippen LogP contribution in [0.25, 0.3) is 11.3 Å². The van der Waals surface area contributed by atoms with Crippen molar-refractivity contribution in [1.82, 2.24) is 14.9 Å². The van der Waals surface area contributed by atoms with Gasteiger partial charge in [0.1, 0.15) is 0 Å². The van der Waals surface area contributed by atoms with Crippen LogP contribution in [0.2, 0.25) is 0 Å². The molecule has 3 N–H and O–H groups in total. The summed E-state index contributed by atoms with van der Waals surface area (Å²) in [6, 6.07) is 9.72. The van der Waals surface area contributed by atoms with Crippen LogP contribution < -0.4 is 11.3 Å². The van der Waals surface area contributed by atoms with Crippen LogP contribution in [0.15, 0.2) is 35.1 Å². The van der Waals surface area contributed by atoms with E-state index in [1.165, 1.54) is 11.6 Å². The van der Waals surface area contributed by atoms with Crippen molar-refractivity contribution in [3.8, 4) is 11.3 Å². The van der Waals surface area contributed by atoms with E-state index in [0.717, 1.165) is 5.56 Å². The number of anilines is 1. The maximum Gasteiger partial charge on any atom is 0.252 e. The molecule has 19 heavy (non-hydrogen) atoms. The Morgan fingerprint density at radius 3 is 2.68 bits per heavy atom. The summed E-state index contributed by atoms with van der Waals surface area (Å²) in [5.41, 5.74) is 7.98. The van der Waals surface area contributed by atoms with Gasteiger partial charge in [-0.15, -0.1) is 0 Å². The Kier molecular flexibility index (Phi) is 3.66. The molecule has 1 heterocycles. The molecule has 1 aromatic carbocycles. The van der Waals surface area contributed by atoms with Crippen LogP contribution in [-0.4, -0.2) is 29.0 Å². The third-order valence-electron chi connectivity index (χ3n) is 3.20. The lowest BCUT2D eigenvalue weighted by Gasteiger charge is -2.20. The SMILES string of the molecule is C[C@@H](c1cccc(-c2cc(=O)[nH]c(N)n2)c1)N(C)C. The number of aromatic nitrogens is 2. The van der Waals surface area contributed by atoms with Gasteiger partial charge in [0.2, 0.25) is 5.95 Å². The molecule has 0 aliphatic carbocycles. The topological polar surface area (TPSA) is 75.0 Å². The van der Waals surface area contributed by atoms with E-state index in [2.05, 4.69) is 27.9 Å². The van der Waals surface area contributed by atoms with Crippen molar-refractivity contribution in [3.63, 3.8) is 0 Å². The zero-order chi connectivity index (χ0) is 14.0. The second-order valence-corrected chi connectivity index (χ2v) is 4.78. The van der Waals surface area contributed by atoms with Gasteiger partial charge in [0, 0.05) is 17.7 Å². The number of H-pyrrole nitrogens is 1. The fourth-order valence-corrected chi connectivity index (χ4v) is 1.88. The molecule has 0 unspecified atom stereocenters. The molecular formula is C14H18N4O. The first kappa shape index (κ1) is 13.3. The van der Waals surface area contributed by atoms with Crippen molar-refractivity contribution in [2.75, 3.05) is 19.8 Å². The Hall–Kier alpha value is -2.14. The number of aromatic amines is 1. The lowest BCUT2D eigenvalue weighted by molar-refractivity contribution is 0.321. The van der Waals surface area contributed by atoms with Crippen molar-refractivity contribution in [3.05, 3.63) is 46.2 Å². The number of nitrogens with one attached hydrogen (secondary N) is 1. The maximum atomic E-state index is 11.4. The smallest absolute Gasteiger partial charge is 0.252 e. The van der Waals surface area contributed by atoms with Crippen molar-refractivity contribution in [2.24, 2.45) is 0 Å². The highest BCUT2D eigenvalue weighted by Gasteiger charge is 2.09. The number of hydrogen-bond acceptors (Lipinski definition) is 4. The molecule has 0 saturated heterocycles. The van der Waals surface area contributed by atoms with Gasteiger partial charge in [-0.05, 0) is 32.6 Å². The maximum absolute atomic E-state index is 11.4. The summed E-state index contributed by atoms with van der Waals surface area (Å²) in [6.07, 6.45) is 0. The molecule has 0 spiro atoms. The first-order valence-corrected chi connectivity index (χ1v) is 6.11. The number of nitrogen functional groups attached to an aromatic ring is 1. The van der Waals surface area contributed by atoms with Crippen LogP contribution >= 0.6 is 0 Å². The number of rotatable bonds is 3. The van der Waals surface area contributed by atoms with E-state index in [4.69, 9.17) is 5.73 Å². The predicted molar refractivity (Wildman–Crippen MR) is 76.8 cm³/mol. The van der Waals surface area contributed by atoms with E-state index in [0.29, 0.717) is 11.7 Å². The van der Waals surface area contributed by atoms with Gasteiger partial charge in [-0.3, -0.25) is 9.78 Å². The number of nitrogens with zero attached hydrogens (tertiary/aromatic N) is 2. The van der Waals surface area contributed by atoms with Gasteiger partial charge < -0.3 is 10.6 Å². The molecule has 0 fully saturated rings. The Morgan fingerprint density at radius 2 is 2.05 bits per heavy atom. The van der Waals surface area contributed by atoms with Crippen LogP contribution in [-0.2, 0) is 0 Å². The highest BCUT2D eigenvalue weighted by molar-refractivity contribution is 5.60. The van der Waals surface area contributed by atoms with Crippen molar-refractivity contribution >= 4 is 5.95 Å². The van der Waals surface area contributed by atoms with Crippen LogP contribution in [0, 0.1) is 0 Å². The summed E-state index contributed by atoms with van der Waals surface area (Å²) in [5, 5.41) is 0. The first-order chi connectivity index (χ1) is 8.97. The summed E-state index contributed by atoms with van der Waals surface area (Å²) in [6.45, 7) is 2.12. The van der Waals surface area contributed by atoms with Crippen molar-refractivity contribution < 1.29 is 0 Å². The van der Waals surface area contributed by atoms with Gasteiger partial charge in [0.05, 0.1) is 5.69 Å². The van der Waals surface area contributed by atoms with Crippen LogP contribution in [0.5, 0.6) is 0 Å². The molecule has 0 radical (unpaired) electrons. The molecule has 0 amide bonds. The highest BCUT2D eigenvalue weighted by atomic mass is 16.1. The van der Waals surface area contributed by atoms with E-state index in [1.54, 1.807) is 0 Å². The molecule has 2 rings (SSSR count). The molecule has 2 aromatic rings. The second-order valence-electron chi connectivity index (χ2n) is 4.78. The lowest BCUT2D eigenvalue weighted by Crippen LogP contribution is -2.16. The molecule has 1 atom stereocenters. The molecule has 5 nitrogen and oxygen atoms in total. The molecule has 100 valence electrons. The Morgan fingerprint density at radius 1 is 1.32 bits per heavy atom. The van der Waals surface area contributed by atoms with E-state index in [9.17, 15) is 4.79 Å². The van der Waals surface area contributed by atoms with Gasteiger partial charge in [-0.25, -0.2) is 4.98 Å². The summed E-state index contributed by atoms with van der Waals surface area (Å²) >= 11 is 0. The minimum absolute atomic E-state index is 0.133. The lowest BCUT2D eigenvalue weighted by atomic mass is 10.0. The number of benzene rings is 1. The second kappa shape index (κ2) is 5.24. The monoisotopic (exact) mass is 258 g/mol. The third-order valence-corrected chi connectivity index (χ3v) is 3.20. The molecule has 0 aliphatic heterocycles. The fraction of sp³-hybridized carbons (Fsp3) is 0.286. The van der Waals surface area contributed by atoms with Gasteiger partial charge in [-0.1, -0.05) is 18.2 Å². The van der Waals surface area contributed by atoms with Crippen LogP contribution in [0.3, 0.4) is 0 Å². The number of nitrogens with two attached hydrogens (primary N) is 1. The van der Waals surface area contributed by atoms with E-state index in [-0.39, 0.29) is 11.5 Å². The molecule has 0 bridgehead atoms. The van der Waals surface area contributed by atoms with Gasteiger partial charge >= 0.3 is 0 Å². The average molecular weight is 258 g/mol. The predicted octanol–water partition coefficient (Wildman–Crippen LogP) is 1.64. The largest absolute Gasteiger partial charge is 0.369 e. The Labute approximate surface area is 112 Å². The average Bonchev–Trinajstić information content (AvgIpc) is 2.36. The third kappa shape index (κ3) is 3.00. The highest BCUT2D eigenvalue weighted by Crippen LogP contribution is 2.23. The van der Waals surface area contributed by atoms with Crippen LogP contribution in [0.1, 0.15) is 18.5 Å². The zero-order valence-corrected chi connectivity index (χ0v) is 11.3. The van der Waals surface area contributed by atoms with Gasteiger partial charge in [-0.2, -0.15) is 0 Å². The summed E-state index contributed by atoms with van der Waals surface area (Å²) in [4.78, 5) is 20.1. The summed E-state index contributed by atoms with van der Waals surface area (Å²) < 4.78 is 0. The van der Waals surface area contributed by atoms with Gasteiger partial charge in [0.15, 0.2) is 0 Å². The molecular weight excluding hydrogens is 240 g/mol.